The Morgan fingerprint density at radius 2 is 2.21 bits per heavy atom. The minimum atomic E-state index is -3.86. The Balaban J connectivity index is 2.15. The predicted octanol–water partition coefficient (Wildman–Crippen LogP) is 0.569. The molecule has 0 aliphatic carbocycles. The van der Waals surface area contributed by atoms with Gasteiger partial charge in [0.1, 0.15) is 11.2 Å². The van der Waals surface area contributed by atoms with Crippen LogP contribution in [0.15, 0.2) is 34.9 Å². The van der Waals surface area contributed by atoms with Crippen molar-refractivity contribution in [2.45, 2.75) is 5.03 Å². The molecule has 0 saturated heterocycles. The third-order valence-electron chi connectivity index (χ3n) is 2.35. The zero-order valence-electron chi connectivity index (χ0n) is 9.39. The maximum absolute atomic E-state index is 12.3. The summed E-state index contributed by atoms with van der Waals surface area (Å²) in [4.78, 5) is 4.00. The van der Waals surface area contributed by atoms with Gasteiger partial charge >= 0.3 is 0 Å². The summed E-state index contributed by atoms with van der Waals surface area (Å²) in [5.74, 6) is -0.0665. The summed E-state index contributed by atoms with van der Waals surface area (Å²) < 4.78 is 28.3. The summed E-state index contributed by atoms with van der Waals surface area (Å²) in [5.41, 5.74) is 7.57. The van der Waals surface area contributed by atoms with Crippen LogP contribution in [0.25, 0.3) is 5.65 Å². The predicted molar refractivity (Wildman–Crippen MR) is 70.3 cm³/mol. The molecule has 0 aliphatic rings. The van der Waals surface area contributed by atoms with Crippen molar-refractivity contribution >= 4 is 38.0 Å². The molecular weight excluding hydrogens is 288 g/mol. The lowest BCUT2D eigenvalue weighted by atomic mass is 10.5. The van der Waals surface area contributed by atoms with Crippen LogP contribution < -0.4 is 10.5 Å². The van der Waals surface area contributed by atoms with Crippen molar-refractivity contribution in [1.29, 1.82) is 0 Å². The number of nitrogen functional groups attached to an aromatic ring is 1. The Morgan fingerprint density at radius 1 is 1.37 bits per heavy atom. The van der Waals surface area contributed by atoms with Crippen molar-refractivity contribution in [3.8, 4) is 0 Å². The molecule has 0 saturated carbocycles. The van der Waals surface area contributed by atoms with E-state index in [2.05, 4.69) is 19.9 Å². The maximum Gasteiger partial charge on any atom is 0.283 e. The molecule has 3 N–H and O–H groups in total. The van der Waals surface area contributed by atoms with Crippen LogP contribution >= 0.6 is 11.3 Å². The largest absolute Gasteiger partial charge is 0.381 e. The number of fused-ring (bicyclic) bond motifs is 1. The van der Waals surface area contributed by atoms with Gasteiger partial charge in [-0.3, -0.25) is 9.12 Å². The number of sulfonamides is 1. The highest BCUT2D eigenvalue weighted by molar-refractivity contribution is 7.93. The molecule has 0 radical (unpaired) electrons. The summed E-state index contributed by atoms with van der Waals surface area (Å²) in [6.07, 6.45) is 1.58. The highest BCUT2D eigenvalue weighted by Crippen LogP contribution is 2.23. The SMILES string of the molecule is Nc1nc2ccccn2c1S(=O)(=O)Nc1nncs1. The van der Waals surface area contributed by atoms with Gasteiger partial charge in [-0.25, -0.2) is 4.98 Å². The first-order chi connectivity index (χ1) is 9.08. The number of imidazole rings is 1. The smallest absolute Gasteiger partial charge is 0.283 e. The van der Waals surface area contributed by atoms with Gasteiger partial charge in [-0.2, -0.15) is 8.42 Å². The van der Waals surface area contributed by atoms with Crippen molar-refractivity contribution in [3.63, 3.8) is 0 Å². The average Bonchev–Trinajstić information content (AvgIpc) is 2.94. The fourth-order valence-corrected chi connectivity index (χ4v) is 3.55. The Kier molecular flexibility index (Phi) is 2.61. The van der Waals surface area contributed by atoms with E-state index in [-0.39, 0.29) is 16.0 Å². The topological polar surface area (TPSA) is 115 Å². The highest BCUT2D eigenvalue weighted by Gasteiger charge is 2.24. The summed E-state index contributed by atoms with van der Waals surface area (Å²) in [5, 5.41) is 7.25. The van der Waals surface area contributed by atoms with E-state index in [1.165, 1.54) is 9.91 Å². The van der Waals surface area contributed by atoms with Crippen LogP contribution in [0.3, 0.4) is 0 Å². The van der Waals surface area contributed by atoms with E-state index in [0.717, 1.165) is 11.3 Å². The van der Waals surface area contributed by atoms with Crippen LogP contribution in [0.4, 0.5) is 10.9 Å². The van der Waals surface area contributed by atoms with Gasteiger partial charge < -0.3 is 5.73 Å². The molecule has 0 bridgehead atoms. The number of nitrogens with one attached hydrogen (secondary N) is 1. The molecule has 19 heavy (non-hydrogen) atoms. The lowest BCUT2D eigenvalue weighted by Gasteiger charge is -2.04. The van der Waals surface area contributed by atoms with Gasteiger partial charge in [-0.05, 0) is 12.1 Å². The molecular formula is C9H8N6O2S2. The standard InChI is InChI=1S/C9H8N6O2S2/c10-7-8(15-4-2-1-3-6(15)12-7)19(16,17)14-9-13-11-5-18-9/h1-5H,10H2,(H,13,14). The van der Waals surface area contributed by atoms with Gasteiger partial charge in [0.05, 0.1) is 0 Å². The second kappa shape index (κ2) is 4.17. The second-order valence-electron chi connectivity index (χ2n) is 3.58. The minimum absolute atomic E-state index is 0.0665. The first-order valence-electron chi connectivity index (χ1n) is 5.09. The molecule has 0 aromatic carbocycles. The zero-order valence-corrected chi connectivity index (χ0v) is 11.0. The van der Waals surface area contributed by atoms with Crippen LogP contribution in [0.1, 0.15) is 0 Å². The van der Waals surface area contributed by atoms with E-state index in [0.29, 0.717) is 5.65 Å². The monoisotopic (exact) mass is 296 g/mol. The van der Waals surface area contributed by atoms with E-state index < -0.39 is 10.0 Å². The number of anilines is 2. The molecule has 3 aromatic heterocycles. The number of nitrogens with two attached hydrogens (primary N) is 1. The van der Waals surface area contributed by atoms with Crippen molar-refractivity contribution in [1.82, 2.24) is 19.6 Å². The van der Waals surface area contributed by atoms with Crippen LogP contribution in [0.2, 0.25) is 0 Å². The Labute approximate surface area is 112 Å². The second-order valence-corrected chi connectivity index (χ2v) is 6.01. The van der Waals surface area contributed by atoms with Crippen LogP contribution in [-0.4, -0.2) is 28.0 Å². The van der Waals surface area contributed by atoms with E-state index in [1.54, 1.807) is 24.4 Å². The van der Waals surface area contributed by atoms with Crippen molar-refractivity contribution in [3.05, 3.63) is 29.9 Å². The fraction of sp³-hybridized carbons (Fsp3) is 0. The third kappa shape index (κ3) is 2.00. The first kappa shape index (κ1) is 11.9. The lowest BCUT2D eigenvalue weighted by molar-refractivity contribution is 0.597. The highest BCUT2D eigenvalue weighted by atomic mass is 32.2. The van der Waals surface area contributed by atoms with Crippen LogP contribution in [0.5, 0.6) is 0 Å². The molecule has 3 aromatic rings. The third-order valence-corrected chi connectivity index (χ3v) is 4.46. The molecule has 0 amide bonds. The van der Waals surface area contributed by atoms with Gasteiger partial charge in [-0.15, -0.1) is 10.2 Å². The summed E-state index contributed by atoms with van der Waals surface area (Å²) in [6.45, 7) is 0. The maximum atomic E-state index is 12.3. The Hall–Kier alpha value is -2.20. The molecule has 8 nitrogen and oxygen atoms in total. The minimum Gasteiger partial charge on any atom is -0.381 e. The molecule has 0 aliphatic heterocycles. The van der Waals surface area contributed by atoms with E-state index >= 15 is 0 Å². The molecule has 3 rings (SSSR count). The molecule has 0 spiro atoms. The van der Waals surface area contributed by atoms with E-state index in [1.807, 2.05) is 0 Å². The summed E-state index contributed by atoms with van der Waals surface area (Å²) >= 11 is 1.08. The molecule has 0 fully saturated rings. The first-order valence-corrected chi connectivity index (χ1v) is 7.46. The van der Waals surface area contributed by atoms with Gasteiger partial charge in [0.25, 0.3) is 10.0 Å². The summed E-state index contributed by atoms with van der Waals surface area (Å²) in [6, 6.07) is 5.11. The van der Waals surface area contributed by atoms with Crippen molar-refractivity contribution in [2.24, 2.45) is 0 Å². The zero-order chi connectivity index (χ0) is 13.5. The van der Waals surface area contributed by atoms with Gasteiger partial charge in [0.15, 0.2) is 5.82 Å². The molecule has 10 heteroatoms. The molecule has 0 atom stereocenters. The molecule has 0 unspecified atom stereocenters. The normalized spacial score (nSPS) is 11.8. The molecule has 98 valence electrons. The molecule has 3 heterocycles. The Bertz CT molecular complexity index is 824. The number of pyridine rings is 1. The van der Waals surface area contributed by atoms with E-state index in [9.17, 15) is 8.42 Å². The van der Waals surface area contributed by atoms with Crippen LogP contribution in [0, 0.1) is 0 Å². The average molecular weight is 296 g/mol. The van der Waals surface area contributed by atoms with Crippen LogP contribution in [-0.2, 0) is 10.0 Å². The fourth-order valence-electron chi connectivity index (χ4n) is 1.64. The number of hydrogen-bond acceptors (Lipinski definition) is 7. The number of hydrogen-bond donors (Lipinski definition) is 2. The quantitative estimate of drug-likeness (QED) is 0.730. The van der Waals surface area contributed by atoms with Gasteiger partial charge in [-0.1, -0.05) is 17.4 Å². The van der Waals surface area contributed by atoms with Gasteiger partial charge in [0, 0.05) is 6.20 Å². The van der Waals surface area contributed by atoms with E-state index in [4.69, 9.17) is 5.73 Å². The van der Waals surface area contributed by atoms with Crippen molar-refractivity contribution < 1.29 is 8.42 Å². The Morgan fingerprint density at radius 3 is 2.95 bits per heavy atom. The van der Waals surface area contributed by atoms with Crippen molar-refractivity contribution in [2.75, 3.05) is 10.5 Å². The number of nitrogens with zero attached hydrogens (tertiary/aromatic N) is 4. The summed E-state index contributed by atoms with van der Waals surface area (Å²) in [7, 11) is -3.86. The number of rotatable bonds is 3. The lowest BCUT2D eigenvalue weighted by Crippen LogP contribution is -2.16. The van der Waals surface area contributed by atoms with Gasteiger partial charge in [0.2, 0.25) is 10.2 Å². The number of aromatic nitrogens is 4.